The molecule has 2 heterocycles. The number of nitrogens with one attached hydrogen (secondary N) is 1. The lowest BCUT2D eigenvalue weighted by Gasteiger charge is -2.34. The van der Waals surface area contributed by atoms with Gasteiger partial charge in [-0.2, -0.15) is 0 Å². The van der Waals surface area contributed by atoms with Crippen molar-refractivity contribution >= 4 is 17.4 Å². The molecule has 1 fully saturated rings. The number of benzene rings is 1. The van der Waals surface area contributed by atoms with Gasteiger partial charge in [-0.25, -0.2) is 4.98 Å². The Morgan fingerprint density at radius 3 is 2.62 bits per heavy atom. The standard InChI is InChI=1S/C20H26N4O2/c1-2-15-26-18-8-4-3-7-17(18)22-20(25)16-23-11-13-24(14-12-23)19-9-5-6-10-21-19/h3-10H,2,11-16H2,1H3,(H,22,25). The maximum Gasteiger partial charge on any atom is 0.238 e. The minimum absolute atomic E-state index is 0.0103. The minimum atomic E-state index is -0.0103. The molecule has 0 atom stereocenters. The molecule has 1 aliphatic rings. The Kier molecular flexibility index (Phi) is 6.44. The van der Waals surface area contributed by atoms with E-state index in [2.05, 4.69) is 27.0 Å². The molecule has 6 heteroatoms. The summed E-state index contributed by atoms with van der Waals surface area (Å²) in [6.07, 6.45) is 2.75. The maximum absolute atomic E-state index is 12.4. The van der Waals surface area contributed by atoms with Crippen LogP contribution in [0.5, 0.6) is 5.75 Å². The molecule has 0 bridgehead atoms. The van der Waals surface area contributed by atoms with Gasteiger partial charge >= 0.3 is 0 Å². The zero-order chi connectivity index (χ0) is 18.2. The summed E-state index contributed by atoms with van der Waals surface area (Å²) in [7, 11) is 0. The lowest BCUT2D eigenvalue weighted by molar-refractivity contribution is -0.117. The Morgan fingerprint density at radius 2 is 1.88 bits per heavy atom. The largest absolute Gasteiger partial charge is 0.491 e. The van der Waals surface area contributed by atoms with Crippen LogP contribution in [0.1, 0.15) is 13.3 Å². The number of hydrogen-bond acceptors (Lipinski definition) is 5. The summed E-state index contributed by atoms with van der Waals surface area (Å²) in [5.74, 6) is 1.71. The molecule has 3 rings (SSSR count). The van der Waals surface area contributed by atoms with E-state index in [1.165, 1.54) is 0 Å². The third-order valence-corrected chi connectivity index (χ3v) is 4.34. The highest BCUT2D eigenvalue weighted by molar-refractivity contribution is 5.93. The summed E-state index contributed by atoms with van der Waals surface area (Å²) in [5.41, 5.74) is 0.734. The Bertz CT molecular complexity index is 700. The number of amides is 1. The van der Waals surface area contributed by atoms with Gasteiger partial charge in [-0.3, -0.25) is 9.69 Å². The van der Waals surface area contributed by atoms with E-state index in [-0.39, 0.29) is 5.91 Å². The van der Waals surface area contributed by atoms with Gasteiger partial charge in [0.15, 0.2) is 0 Å². The fraction of sp³-hybridized carbons (Fsp3) is 0.400. The monoisotopic (exact) mass is 354 g/mol. The van der Waals surface area contributed by atoms with Gasteiger partial charge in [0.25, 0.3) is 0 Å². The summed E-state index contributed by atoms with van der Waals surface area (Å²) < 4.78 is 5.70. The van der Waals surface area contributed by atoms with E-state index in [1.54, 1.807) is 0 Å². The van der Waals surface area contributed by atoms with Gasteiger partial charge in [-0.15, -0.1) is 0 Å². The van der Waals surface area contributed by atoms with Crippen LogP contribution in [-0.4, -0.2) is 55.1 Å². The molecule has 0 aliphatic carbocycles. The lowest BCUT2D eigenvalue weighted by atomic mass is 10.2. The van der Waals surface area contributed by atoms with Crippen LogP contribution in [-0.2, 0) is 4.79 Å². The molecule has 0 spiro atoms. The molecule has 0 radical (unpaired) electrons. The third kappa shape index (κ3) is 4.95. The average molecular weight is 354 g/mol. The molecule has 1 aromatic heterocycles. The number of carbonyl (C=O) groups excluding carboxylic acids is 1. The third-order valence-electron chi connectivity index (χ3n) is 4.34. The van der Waals surface area contributed by atoms with Gasteiger partial charge in [0, 0.05) is 32.4 Å². The Labute approximate surface area is 154 Å². The summed E-state index contributed by atoms with van der Waals surface area (Å²) >= 11 is 0. The highest BCUT2D eigenvalue weighted by Gasteiger charge is 2.20. The van der Waals surface area contributed by atoms with E-state index in [4.69, 9.17) is 4.74 Å². The van der Waals surface area contributed by atoms with Crippen molar-refractivity contribution in [3.05, 3.63) is 48.7 Å². The van der Waals surface area contributed by atoms with Crippen LogP contribution in [0.4, 0.5) is 11.5 Å². The normalized spacial score (nSPS) is 14.9. The molecule has 2 aromatic rings. The maximum atomic E-state index is 12.4. The van der Waals surface area contributed by atoms with Gasteiger partial charge in [0.2, 0.25) is 5.91 Å². The van der Waals surface area contributed by atoms with Crippen molar-refractivity contribution in [1.29, 1.82) is 0 Å². The predicted octanol–water partition coefficient (Wildman–Crippen LogP) is 2.63. The first kappa shape index (κ1) is 18.2. The van der Waals surface area contributed by atoms with E-state index in [0.29, 0.717) is 13.2 Å². The van der Waals surface area contributed by atoms with Crippen molar-refractivity contribution in [2.24, 2.45) is 0 Å². The molecule has 0 saturated carbocycles. The first-order chi connectivity index (χ1) is 12.8. The fourth-order valence-corrected chi connectivity index (χ4v) is 2.98. The van der Waals surface area contributed by atoms with Crippen LogP contribution in [0.15, 0.2) is 48.7 Å². The number of para-hydroxylation sites is 2. The van der Waals surface area contributed by atoms with Crippen LogP contribution < -0.4 is 15.0 Å². The zero-order valence-electron chi connectivity index (χ0n) is 15.2. The van der Waals surface area contributed by atoms with Crippen molar-refractivity contribution in [2.75, 3.05) is 49.5 Å². The number of carbonyl (C=O) groups is 1. The van der Waals surface area contributed by atoms with Crippen LogP contribution >= 0.6 is 0 Å². The van der Waals surface area contributed by atoms with E-state index >= 15 is 0 Å². The number of pyridine rings is 1. The first-order valence-corrected chi connectivity index (χ1v) is 9.16. The zero-order valence-corrected chi connectivity index (χ0v) is 15.2. The first-order valence-electron chi connectivity index (χ1n) is 9.16. The summed E-state index contributed by atoms with van der Waals surface area (Å²) in [6, 6.07) is 13.5. The molecule has 26 heavy (non-hydrogen) atoms. The molecule has 1 aromatic carbocycles. The fourth-order valence-electron chi connectivity index (χ4n) is 2.98. The summed E-state index contributed by atoms with van der Waals surface area (Å²) in [6.45, 7) is 6.53. The lowest BCUT2D eigenvalue weighted by Crippen LogP contribution is -2.48. The second-order valence-electron chi connectivity index (χ2n) is 6.34. The van der Waals surface area contributed by atoms with Gasteiger partial charge in [-0.05, 0) is 30.7 Å². The second-order valence-corrected chi connectivity index (χ2v) is 6.34. The van der Waals surface area contributed by atoms with Crippen molar-refractivity contribution < 1.29 is 9.53 Å². The van der Waals surface area contributed by atoms with Crippen molar-refractivity contribution in [3.8, 4) is 5.75 Å². The quantitative estimate of drug-likeness (QED) is 0.828. The van der Waals surface area contributed by atoms with E-state index in [1.807, 2.05) is 48.7 Å². The Balaban J connectivity index is 1.49. The highest BCUT2D eigenvalue weighted by atomic mass is 16.5. The number of hydrogen-bond donors (Lipinski definition) is 1. The van der Waals surface area contributed by atoms with Crippen LogP contribution in [0, 0.1) is 0 Å². The van der Waals surface area contributed by atoms with Crippen LogP contribution in [0.3, 0.4) is 0 Å². The topological polar surface area (TPSA) is 57.7 Å². The number of rotatable bonds is 7. The van der Waals surface area contributed by atoms with Gasteiger partial charge in [-0.1, -0.05) is 25.1 Å². The molecule has 1 saturated heterocycles. The molecule has 138 valence electrons. The Hall–Kier alpha value is -2.60. The SMILES string of the molecule is CCCOc1ccccc1NC(=O)CN1CCN(c2ccccn2)CC1. The average Bonchev–Trinajstić information content (AvgIpc) is 2.68. The molecule has 6 nitrogen and oxygen atoms in total. The smallest absolute Gasteiger partial charge is 0.238 e. The number of aromatic nitrogens is 1. The number of anilines is 2. The number of piperazine rings is 1. The minimum Gasteiger partial charge on any atom is -0.491 e. The van der Waals surface area contributed by atoms with E-state index in [0.717, 1.165) is 49.9 Å². The molecule has 1 aliphatic heterocycles. The number of nitrogens with zero attached hydrogens (tertiary/aromatic N) is 3. The molecular weight excluding hydrogens is 328 g/mol. The molecular formula is C20H26N4O2. The molecule has 0 unspecified atom stereocenters. The van der Waals surface area contributed by atoms with E-state index in [9.17, 15) is 4.79 Å². The van der Waals surface area contributed by atoms with E-state index < -0.39 is 0 Å². The van der Waals surface area contributed by atoms with Crippen molar-refractivity contribution in [3.63, 3.8) is 0 Å². The Morgan fingerprint density at radius 1 is 1.12 bits per heavy atom. The summed E-state index contributed by atoms with van der Waals surface area (Å²) in [4.78, 5) is 21.2. The van der Waals surface area contributed by atoms with Gasteiger partial charge in [0.05, 0.1) is 18.8 Å². The highest BCUT2D eigenvalue weighted by Crippen LogP contribution is 2.24. The molecule has 1 amide bonds. The van der Waals surface area contributed by atoms with Crippen molar-refractivity contribution in [2.45, 2.75) is 13.3 Å². The van der Waals surface area contributed by atoms with Crippen molar-refractivity contribution in [1.82, 2.24) is 9.88 Å². The van der Waals surface area contributed by atoms with Gasteiger partial charge in [0.1, 0.15) is 11.6 Å². The summed E-state index contributed by atoms with van der Waals surface area (Å²) in [5, 5.41) is 2.98. The van der Waals surface area contributed by atoms with Crippen LogP contribution in [0.2, 0.25) is 0 Å². The van der Waals surface area contributed by atoms with Crippen LogP contribution in [0.25, 0.3) is 0 Å². The second kappa shape index (κ2) is 9.20. The number of ether oxygens (including phenoxy) is 1. The molecule has 1 N–H and O–H groups in total. The van der Waals surface area contributed by atoms with Gasteiger partial charge < -0.3 is 15.0 Å². The predicted molar refractivity (Wildman–Crippen MR) is 104 cm³/mol.